The van der Waals surface area contributed by atoms with Crippen molar-refractivity contribution < 1.29 is 9.90 Å². The lowest BCUT2D eigenvalue weighted by Gasteiger charge is -1.98. The molecule has 0 saturated carbocycles. The minimum atomic E-state index is -0.777. The molecule has 0 spiro atoms. The third-order valence-corrected chi connectivity index (χ3v) is 2.01. The van der Waals surface area contributed by atoms with Gasteiger partial charge in [-0.05, 0) is 24.1 Å². The lowest BCUT2D eigenvalue weighted by Crippen LogP contribution is -1.97. The topological polar surface area (TPSA) is 37.3 Å². The van der Waals surface area contributed by atoms with E-state index in [1.165, 1.54) is 0 Å². The van der Waals surface area contributed by atoms with Crippen LogP contribution in [0.5, 0.6) is 0 Å². The highest BCUT2D eigenvalue weighted by atomic mass is 35.5. The summed E-state index contributed by atoms with van der Waals surface area (Å²) in [6.45, 7) is 0. The summed E-state index contributed by atoms with van der Waals surface area (Å²) < 4.78 is 0. The molecular formula is C12H11ClO2. The average Bonchev–Trinajstić information content (AvgIpc) is 2.25. The van der Waals surface area contributed by atoms with Crippen LogP contribution < -0.4 is 0 Å². The lowest BCUT2D eigenvalue weighted by molar-refractivity contribution is -0.136. The second kappa shape index (κ2) is 6.10. The largest absolute Gasteiger partial charge is 0.481 e. The number of carbonyl (C=O) groups is 1. The van der Waals surface area contributed by atoms with Crippen LogP contribution in [0.4, 0.5) is 0 Å². The molecule has 0 unspecified atom stereocenters. The number of benzene rings is 1. The van der Waals surface area contributed by atoms with E-state index in [2.05, 4.69) is 11.8 Å². The Labute approximate surface area is 93.9 Å². The van der Waals surface area contributed by atoms with Crippen molar-refractivity contribution in [1.29, 1.82) is 0 Å². The molecule has 0 aliphatic heterocycles. The number of hydrogen-bond acceptors (Lipinski definition) is 1. The van der Waals surface area contributed by atoms with E-state index < -0.39 is 5.97 Å². The molecule has 2 nitrogen and oxygen atoms in total. The van der Waals surface area contributed by atoms with Gasteiger partial charge in [0.2, 0.25) is 0 Å². The van der Waals surface area contributed by atoms with Crippen LogP contribution in [0.3, 0.4) is 0 Å². The summed E-state index contributed by atoms with van der Waals surface area (Å²) in [6, 6.07) is 7.52. The van der Waals surface area contributed by atoms with Crippen molar-refractivity contribution in [2.75, 3.05) is 5.88 Å². The summed E-state index contributed by atoms with van der Waals surface area (Å²) in [5, 5.41) is 8.51. The van der Waals surface area contributed by atoms with E-state index in [1.54, 1.807) is 0 Å². The van der Waals surface area contributed by atoms with Crippen molar-refractivity contribution in [1.82, 2.24) is 0 Å². The normalized spacial score (nSPS) is 9.13. The Kier molecular flexibility index (Phi) is 4.73. The Morgan fingerprint density at radius 2 is 2.00 bits per heavy atom. The standard InChI is InChI=1S/C12H11ClO2/c13-9-1-2-10-3-5-11(6-4-10)7-8-12(14)15/h3-6H,7-9H2,(H,14,15). The molecule has 1 aromatic rings. The maximum Gasteiger partial charge on any atom is 0.303 e. The molecule has 0 atom stereocenters. The molecule has 0 aliphatic carbocycles. The molecule has 15 heavy (non-hydrogen) atoms. The highest BCUT2D eigenvalue weighted by molar-refractivity contribution is 6.19. The number of aliphatic carboxylic acids is 1. The quantitative estimate of drug-likeness (QED) is 0.630. The highest BCUT2D eigenvalue weighted by Crippen LogP contribution is 2.05. The van der Waals surface area contributed by atoms with Crippen molar-refractivity contribution in [2.45, 2.75) is 12.8 Å². The molecule has 0 saturated heterocycles. The van der Waals surface area contributed by atoms with Gasteiger partial charge >= 0.3 is 5.97 Å². The molecule has 0 radical (unpaired) electrons. The molecule has 78 valence electrons. The van der Waals surface area contributed by atoms with Gasteiger partial charge in [-0.2, -0.15) is 0 Å². The van der Waals surface area contributed by atoms with Crippen molar-refractivity contribution in [3.8, 4) is 11.8 Å². The van der Waals surface area contributed by atoms with Crippen molar-refractivity contribution in [2.24, 2.45) is 0 Å². The van der Waals surface area contributed by atoms with Gasteiger partial charge in [0.05, 0.1) is 5.88 Å². The van der Waals surface area contributed by atoms with E-state index in [4.69, 9.17) is 16.7 Å². The van der Waals surface area contributed by atoms with Gasteiger partial charge in [-0.1, -0.05) is 24.0 Å². The van der Waals surface area contributed by atoms with E-state index in [9.17, 15) is 4.79 Å². The molecule has 0 fully saturated rings. The summed E-state index contributed by atoms with van der Waals surface area (Å²) >= 11 is 5.43. The molecular weight excluding hydrogens is 212 g/mol. The first-order valence-electron chi connectivity index (χ1n) is 4.58. The Balaban J connectivity index is 2.60. The molecule has 3 heteroatoms. The number of rotatable bonds is 3. The predicted octanol–water partition coefficient (Wildman–Crippen LogP) is 2.29. The summed E-state index contributed by atoms with van der Waals surface area (Å²) in [4.78, 5) is 10.3. The molecule has 0 bridgehead atoms. The summed E-state index contributed by atoms with van der Waals surface area (Å²) in [7, 11) is 0. The molecule has 1 aromatic carbocycles. The van der Waals surface area contributed by atoms with E-state index in [-0.39, 0.29) is 6.42 Å². The number of alkyl halides is 1. The zero-order valence-corrected chi connectivity index (χ0v) is 8.92. The van der Waals surface area contributed by atoms with Crippen LogP contribution in [0.25, 0.3) is 0 Å². The van der Waals surface area contributed by atoms with Crippen LogP contribution in [-0.4, -0.2) is 17.0 Å². The Morgan fingerprint density at radius 3 is 2.53 bits per heavy atom. The molecule has 0 amide bonds. The highest BCUT2D eigenvalue weighted by Gasteiger charge is 1.98. The Bertz CT molecular complexity index is 384. The number of carboxylic acids is 1. The number of carboxylic acid groups (broad SMARTS) is 1. The molecule has 0 aromatic heterocycles. The molecule has 1 rings (SSSR count). The summed E-state index contributed by atoms with van der Waals surface area (Å²) in [5.41, 5.74) is 1.91. The van der Waals surface area contributed by atoms with Gasteiger partial charge in [-0.3, -0.25) is 4.79 Å². The minimum absolute atomic E-state index is 0.159. The predicted molar refractivity (Wildman–Crippen MR) is 60.0 cm³/mol. The van der Waals surface area contributed by atoms with Crippen LogP contribution >= 0.6 is 11.6 Å². The monoisotopic (exact) mass is 222 g/mol. The average molecular weight is 223 g/mol. The first-order valence-corrected chi connectivity index (χ1v) is 5.11. The van der Waals surface area contributed by atoms with Gasteiger partial charge in [0.1, 0.15) is 0 Å². The van der Waals surface area contributed by atoms with Gasteiger partial charge in [0.25, 0.3) is 0 Å². The van der Waals surface area contributed by atoms with E-state index in [1.807, 2.05) is 24.3 Å². The van der Waals surface area contributed by atoms with Crippen molar-refractivity contribution in [3.05, 3.63) is 35.4 Å². The zero-order chi connectivity index (χ0) is 11.1. The fourth-order valence-corrected chi connectivity index (χ4v) is 1.21. The van der Waals surface area contributed by atoms with Crippen LogP contribution in [0.1, 0.15) is 17.5 Å². The van der Waals surface area contributed by atoms with Crippen LogP contribution in [-0.2, 0) is 11.2 Å². The fraction of sp³-hybridized carbons (Fsp3) is 0.250. The Morgan fingerprint density at radius 1 is 1.33 bits per heavy atom. The Hall–Kier alpha value is -1.46. The molecule has 1 N–H and O–H groups in total. The maximum atomic E-state index is 10.3. The van der Waals surface area contributed by atoms with Crippen LogP contribution in [0.15, 0.2) is 24.3 Å². The third-order valence-electron chi connectivity index (χ3n) is 1.88. The lowest BCUT2D eigenvalue weighted by atomic mass is 10.1. The van der Waals surface area contributed by atoms with Gasteiger partial charge in [0.15, 0.2) is 0 Å². The minimum Gasteiger partial charge on any atom is -0.481 e. The fourth-order valence-electron chi connectivity index (χ4n) is 1.14. The summed E-state index contributed by atoms with van der Waals surface area (Å²) in [5.74, 6) is 5.19. The summed E-state index contributed by atoms with van der Waals surface area (Å²) in [6.07, 6.45) is 0.714. The van der Waals surface area contributed by atoms with Gasteiger partial charge in [0, 0.05) is 12.0 Å². The zero-order valence-electron chi connectivity index (χ0n) is 8.16. The smallest absolute Gasteiger partial charge is 0.303 e. The van der Waals surface area contributed by atoms with Crippen LogP contribution in [0.2, 0.25) is 0 Å². The second-order valence-corrected chi connectivity index (χ2v) is 3.29. The molecule has 0 heterocycles. The number of aryl methyl sites for hydroxylation is 1. The first kappa shape index (κ1) is 11.6. The van der Waals surface area contributed by atoms with E-state index in [0.29, 0.717) is 12.3 Å². The number of hydrogen-bond donors (Lipinski definition) is 1. The van der Waals surface area contributed by atoms with Gasteiger partial charge in [-0.15, -0.1) is 11.6 Å². The van der Waals surface area contributed by atoms with E-state index in [0.717, 1.165) is 11.1 Å². The first-order chi connectivity index (χ1) is 7.22. The van der Waals surface area contributed by atoms with Gasteiger partial charge in [-0.25, -0.2) is 0 Å². The van der Waals surface area contributed by atoms with Crippen molar-refractivity contribution >= 4 is 17.6 Å². The SMILES string of the molecule is O=C(O)CCc1ccc(C#CCCl)cc1. The van der Waals surface area contributed by atoms with Crippen LogP contribution in [0, 0.1) is 11.8 Å². The third kappa shape index (κ3) is 4.53. The molecule has 0 aliphatic rings. The second-order valence-electron chi connectivity index (χ2n) is 3.03. The van der Waals surface area contributed by atoms with E-state index >= 15 is 0 Å². The van der Waals surface area contributed by atoms with Gasteiger partial charge < -0.3 is 5.11 Å². The maximum absolute atomic E-state index is 10.3. The van der Waals surface area contributed by atoms with Crippen molar-refractivity contribution in [3.63, 3.8) is 0 Å². The number of halogens is 1.